The first kappa shape index (κ1) is 15.4. The van der Waals surface area contributed by atoms with E-state index in [9.17, 15) is 18.3 Å². The average molecular weight is 278 g/mol. The number of aliphatic hydroxyl groups is 1. The van der Waals surface area contributed by atoms with Crippen molar-refractivity contribution in [3.63, 3.8) is 0 Å². The van der Waals surface area contributed by atoms with Crippen molar-refractivity contribution in [2.24, 2.45) is 0 Å². The van der Waals surface area contributed by atoms with E-state index in [1.165, 1.54) is 0 Å². The Hall–Kier alpha value is -0.660. The van der Waals surface area contributed by atoms with Gasteiger partial charge in [0.05, 0.1) is 23.1 Å². The molecule has 2 unspecified atom stereocenters. The number of rotatable bonds is 4. The van der Waals surface area contributed by atoms with Gasteiger partial charge in [-0.3, -0.25) is 4.79 Å². The van der Waals surface area contributed by atoms with Gasteiger partial charge in [-0.15, -0.1) is 0 Å². The van der Waals surface area contributed by atoms with E-state index in [1.54, 1.807) is 20.8 Å². The summed E-state index contributed by atoms with van der Waals surface area (Å²) in [5, 5.41) is 15.2. The molecule has 1 aliphatic rings. The maximum absolute atomic E-state index is 11.8. The normalized spacial score (nSPS) is 25.4. The van der Waals surface area contributed by atoms with E-state index in [0.29, 0.717) is 6.54 Å². The van der Waals surface area contributed by atoms with Crippen molar-refractivity contribution in [2.75, 3.05) is 18.1 Å². The smallest absolute Gasteiger partial charge is 0.222 e. The van der Waals surface area contributed by atoms with Gasteiger partial charge in [0.2, 0.25) is 5.91 Å². The Morgan fingerprint density at radius 3 is 2.67 bits per heavy atom. The van der Waals surface area contributed by atoms with Crippen LogP contribution in [0.1, 0.15) is 27.2 Å². The van der Waals surface area contributed by atoms with E-state index in [-0.39, 0.29) is 29.9 Å². The summed E-state index contributed by atoms with van der Waals surface area (Å²) in [6, 6.07) is -0.339. The van der Waals surface area contributed by atoms with Crippen molar-refractivity contribution in [3.8, 4) is 0 Å². The second-order valence-electron chi connectivity index (χ2n) is 5.42. The molecule has 1 aliphatic heterocycles. The topological polar surface area (TPSA) is 95.5 Å². The van der Waals surface area contributed by atoms with Crippen molar-refractivity contribution in [1.82, 2.24) is 10.6 Å². The highest BCUT2D eigenvalue weighted by molar-refractivity contribution is 7.91. The van der Waals surface area contributed by atoms with Crippen LogP contribution in [0.15, 0.2) is 0 Å². The fraction of sp³-hybridized carbons (Fsp3) is 0.909. The van der Waals surface area contributed by atoms with E-state index in [2.05, 4.69) is 10.6 Å². The van der Waals surface area contributed by atoms with E-state index in [1.807, 2.05) is 0 Å². The summed E-state index contributed by atoms with van der Waals surface area (Å²) in [7, 11) is -3.03. The van der Waals surface area contributed by atoms with E-state index in [0.717, 1.165) is 0 Å². The Balaban J connectivity index is 2.51. The number of hydrogen-bond acceptors (Lipinski definition) is 5. The Labute approximate surface area is 108 Å². The third kappa shape index (κ3) is 4.55. The number of carbonyl (C=O) groups is 1. The summed E-state index contributed by atoms with van der Waals surface area (Å²) in [5.41, 5.74) is -0.718. The quantitative estimate of drug-likeness (QED) is 0.615. The lowest BCUT2D eigenvalue weighted by Gasteiger charge is -2.31. The van der Waals surface area contributed by atoms with Gasteiger partial charge in [0.15, 0.2) is 9.84 Å². The van der Waals surface area contributed by atoms with Gasteiger partial charge in [0.25, 0.3) is 0 Å². The standard InChI is InChI=1S/C11H22N2O4S/c1-8(14)11(2,3)13-10(15)6-9-7-18(16,17)5-4-12-9/h8-9,12,14H,4-7H2,1-3H3,(H,13,15). The zero-order chi connectivity index (χ0) is 14.0. The highest BCUT2D eigenvalue weighted by Gasteiger charge is 2.30. The highest BCUT2D eigenvalue weighted by Crippen LogP contribution is 2.10. The van der Waals surface area contributed by atoms with Crippen LogP contribution in [0.3, 0.4) is 0 Å². The third-order valence-electron chi connectivity index (χ3n) is 3.24. The SMILES string of the molecule is CC(O)C(C)(C)NC(=O)CC1CS(=O)(=O)CCN1. The van der Waals surface area contributed by atoms with Crippen molar-refractivity contribution < 1.29 is 18.3 Å². The van der Waals surface area contributed by atoms with E-state index < -0.39 is 21.5 Å². The molecule has 3 N–H and O–H groups in total. The van der Waals surface area contributed by atoms with Gasteiger partial charge in [0.1, 0.15) is 0 Å². The largest absolute Gasteiger partial charge is 0.391 e. The molecule has 1 fully saturated rings. The lowest BCUT2D eigenvalue weighted by atomic mass is 9.98. The summed E-state index contributed by atoms with van der Waals surface area (Å²) < 4.78 is 22.8. The molecule has 106 valence electrons. The number of aliphatic hydroxyl groups excluding tert-OH is 1. The monoisotopic (exact) mass is 278 g/mol. The van der Waals surface area contributed by atoms with Gasteiger partial charge in [-0.1, -0.05) is 0 Å². The van der Waals surface area contributed by atoms with Crippen molar-refractivity contribution in [1.29, 1.82) is 0 Å². The first-order chi connectivity index (χ1) is 8.12. The van der Waals surface area contributed by atoms with Gasteiger partial charge in [-0.2, -0.15) is 0 Å². The second kappa shape index (κ2) is 5.54. The number of nitrogens with one attached hydrogen (secondary N) is 2. The zero-order valence-corrected chi connectivity index (χ0v) is 11.9. The zero-order valence-electron chi connectivity index (χ0n) is 11.1. The number of sulfone groups is 1. The maximum atomic E-state index is 11.8. The molecular weight excluding hydrogens is 256 g/mol. The molecule has 1 saturated heterocycles. The molecule has 0 saturated carbocycles. The van der Waals surface area contributed by atoms with Crippen LogP contribution in [0.4, 0.5) is 0 Å². The van der Waals surface area contributed by atoms with Crippen LogP contribution in [-0.2, 0) is 14.6 Å². The molecule has 0 aromatic heterocycles. The molecule has 1 heterocycles. The Morgan fingerprint density at radius 2 is 2.17 bits per heavy atom. The first-order valence-corrected chi connectivity index (χ1v) is 7.87. The molecule has 2 atom stereocenters. The molecule has 0 bridgehead atoms. The van der Waals surface area contributed by atoms with Crippen LogP contribution in [-0.4, -0.2) is 55.2 Å². The molecule has 7 heteroatoms. The molecule has 6 nitrogen and oxygen atoms in total. The van der Waals surface area contributed by atoms with Crippen molar-refractivity contribution >= 4 is 15.7 Å². The summed E-state index contributed by atoms with van der Waals surface area (Å²) in [4.78, 5) is 11.8. The minimum absolute atomic E-state index is 0.00444. The summed E-state index contributed by atoms with van der Waals surface area (Å²) >= 11 is 0. The second-order valence-corrected chi connectivity index (χ2v) is 7.64. The van der Waals surface area contributed by atoms with E-state index >= 15 is 0 Å². The minimum atomic E-state index is -3.03. The van der Waals surface area contributed by atoms with Crippen molar-refractivity contribution in [2.45, 2.75) is 44.9 Å². The van der Waals surface area contributed by atoms with Crippen LogP contribution in [0.25, 0.3) is 0 Å². The van der Waals surface area contributed by atoms with Gasteiger partial charge >= 0.3 is 0 Å². The molecular formula is C11H22N2O4S. The lowest BCUT2D eigenvalue weighted by Crippen LogP contribution is -2.53. The molecule has 0 aromatic rings. The number of amides is 1. The fourth-order valence-electron chi connectivity index (χ4n) is 1.74. The number of carbonyl (C=O) groups excluding carboxylic acids is 1. The Morgan fingerprint density at radius 1 is 1.56 bits per heavy atom. The predicted octanol–water partition coefficient (Wildman–Crippen LogP) is -0.961. The molecule has 1 rings (SSSR count). The average Bonchev–Trinajstić information content (AvgIpc) is 2.13. The van der Waals surface area contributed by atoms with Crippen LogP contribution in [0.2, 0.25) is 0 Å². The Kier molecular flexibility index (Phi) is 4.74. The van der Waals surface area contributed by atoms with Gasteiger partial charge < -0.3 is 15.7 Å². The van der Waals surface area contributed by atoms with Gasteiger partial charge in [-0.05, 0) is 20.8 Å². The predicted molar refractivity (Wildman–Crippen MR) is 69.0 cm³/mol. The third-order valence-corrected chi connectivity index (χ3v) is 4.98. The van der Waals surface area contributed by atoms with Crippen LogP contribution in [0.5, 0.6) is 0 Å². The van der Waals surface area contributed by atoms with Crippen LogP contribution in [0, 0.1) is 0 Å². The summed E-state index contributed by atoms with van der Waals surface area (Å²) in [6.07, 6.45) is -0.570. The number of hydrogen-bond donors (Lipinski definition) is 3. The molecule has 1 amide bonds. The minimum Gasteiger partial charge on any atom is -0.391 e. The Bertz CT molecular complexity index is 403. The molecule has 0 spiro atoms. The van der Waals surface area contributed by atoms with Crippen LogP contribution < -0.4 is 10.6 Å². The first-order valence-electron chi connectivity index (χ1n) is 6.05. The summed E-state index contributed by atoms with van der Waals surface area (Å²) in [5.74, 6) is -0.129. The fourth-order valence-corrected chi connectivity index (χ4v) is 3.18. The molecule has 0 aromatic carbocycles. The summed E-state index contributed by atoms with van der Waals surface area (Å²) in [6.45, 7) is 5.44. The highest BCUT2D eigenvalue weighted by atomic mass is 32.2. The van der Waals surface area contributed by atoms with Crippen LogP contribution >= 0.6 is 0 Å². The van der Waals surface area contributed by atoms with E-state index in [4.69, 9.17) is 0 Å². The van der Waals surface area contributed by atoms with Gasteiger partial charge in [-0.25, -0.2) is 8.42 Å². The maximum Gasteiger partial charge on any atom is 0.222 e. The lowest BCUT2D eigenvalue weighted by molar-refractivity contribution is -0.124. The van der Waals surface area contributed by atoms with Gasteiger partial charge in [0, 0.05) is 19.0 Å². The molecule has 18 heavy (non-hydrogen) atoms. The molecule has 0 radical (unpaired) electrons. The van der Waals surface area contributed by atoms with Crippen molar-refractivity contribution in [3.05, 3.63) is 0 Å². The molecule has 0 aliphatic carbocycles.